The Bertz CT molecular complexity index is 753. The topological polar surface area (TPSA) is 39.2 Å². The molecule has 3 aromatic rings. The maximum absolute atomic E-state index is 13.7. The molecule has 0 fully saturated rings. The molecule has 0 aliphatic rings. The van der Waals surface area contributed by atoms with E-state index < -0.39 is 0 Å². The Kier molecular flexibility index (Phi) is 3.47. The molecule has 0 spiro atoms. The van der Waals surface area contributed by atoms with Crippen molar-refractivity contribution in [2.45, 2.75) is 12.5 Å². The number of benzene rings is 2. The molecule has 1 atom stereocenters. The zero-order chi connectivity index (χ0) is 14.1. The Labute approximate surface area is 121 Å². The monoisotopic (exact) mass is 289 g/mol. The van der Waals surface area contributed by atoms with E-state index in [0.717, 1.165) is 16.5 Å². The molecular weight excluding hydrogens is 277 g/mol. The van der Waals surface area contributed by atoms with E-state index in [9.17, 15) is 4.39 Å². The van der Waals surface area contributed by atoms with E-state index in [2.05, 4.69) is 0 Å². The van der Waals surface area contributed by atoms with Crippen LogP contribution >= 0.6 is 11.6 Å². The number of halogens is 2. The molecule has 0 aliphatic carbocycles. The lowest BCUT2D eigenvalue weighted by Crippen LogP contribution is -2.13. The first kappa shape index (κ1) is 13.2. The van der Waals surface area contributed by atoms with Crippen LogP contribution in [0.2, 0.25) is 5.02 Å². The smallest absolute Gasteiger partial charge is 0.134 e. The summed E-state index contributed by atoms with van der Waals surface area (Å²) < 4.78 is 19.2. The molecule has 1 heterocycles. The summed E-state index contributed by atoms with van der Waals surface area (Å²) in [6.45, 7) is 0. The fourth-order valence-corrected chi connectivity index (χ4v) is 2.53. The number of para-hydroxylation sites is 1. The zero-order valence-electron chi connectivity index (χ0n) is 10.6. The maximum atomic E-state index is 13.7. The van der Waals surface area contributed by atoms with Gasteiger partial charge in [-0.05, 0) is 36.2 Å². The van der Waals surface area contributed by atoms with Crippen LogP contribution in [0.4, 0.5) is 4.39 Å². The second-order valence-corrected chi connectivity index (χ2v) is 5.17. The van der Waals surface area contributed by atoms with Crippen molar-refractivity contribution in [3.63, 3.8) is 0 Å². The number of fused-ring (bicyclic) bond motifs is 1. The highest BCUT2D eigenvalue weighted by molar-refractivity contribution is 6.30. The summed E-state index contributed by atoms with van der Waals surface area (Å²) in [5.74, 6) is -0.294. The molecule has 0 amide bonds. The van der Waals surface area contributed by atoms with Crippen LogP contribution in [0.3, 0.4) is 0 Å². The van der Waals surface area contributed by atoms with Crippen LogP contribution in [0.25, 0.3) is 11.0 Å². The third-order valence-electron chi connectivity index (χ3n) is 3.36. The Morgan fingerprint density at radius 1 is 1.20 bits per heavy atom. The summed E-state index contributed by atoms with van der Waals surface area (Å²) in [5.41, 5.74) is 8.35. The molecule has 2 aromatic carbocycles. The Hall–Kier alpha value is -1.84. The normalized spacial score (nSPS) is 12.8. The van der Waals surface area contributed by atoms with E-state index in [1.54, 1.807) is 12.3 Å². The fourth-order valence-electron chi connectivity index (χ4n) is 2.33. The van der Waals surface area contributed by atoms with E-state index in [1.165, 1.54) is 12.1 Å². The van der Waals surface area contributed by atoms with Crippen LogP contribution in [0.5, 0.6) is 0 Å². The van der Waals surface area contributed by atoms with Gasteiger partial charge in [-0.3, -0.25) is 0 Å². The molecule has 1 aromatic heterocycles. The van der Waals surface area contributed by atoms with Crippen LogP contribution in [0, 0.1) is 5.82 Å². The SMILES string of the molecule is NC(Cc1cc(Cl)ccc1F)c1coc2ccccc12. The molecule has 102 valence electrons. The third kappa shape index (κ3) is 2.42. The van der Waals surface area contributed by atoms with Gasteiger partial charge in [-0.1, -0.05) is 29.8 Å². The average Bonchev–Trinajstić information content (AvgIpc) is 2.87. The van der Waals surface area contributed by atoms with Crippen LogP contribution in [-0.4, -0.2) is 0 Å². The van der Waals surface area contributed by atoms with Gasteiger partial charge in [0.2, 0.25) is 0 Å². The quantitative estimate of drug-likeness (QED) is 0.773. The first-order valence-corrected chi connectivity index (χ1v) is 6.68. The Morgan fingerprint density at radius 3 is 2.85 bits per heavy atom. The maximum Gasteiger partial charge on any atom is 0.134 e. The molecular formula is C16H13ClFNO. The molecule has 0 radical (unpaired) electrons. The first-order chi connectivity index (χ1) is 9.65. The molecule has 0 bridgehead atoms. The lowest BCUT2D eigenvalue weighted by molar-refractivity contribution is 0.581. The minimum absolute atomic E-state index is 0.294. The van der Waals surface area contributed by atoms with Crippen molar-refractivity contribution in [2.24, 2.45) is 5.73 Å². The first-order valence-electron chi connectivity index (χ1n) is 6.31. The van der Waals surface area contributed by atoms with Crippen LogP contribution in [-0.2, 0) is 6.42 Å². The molecule has 2 N–H and O–H groups in total. The van der Waals surface area contributed by atoms with Gasteiger partial charge in [-0.15, -0.1) is 0 Å². The lowest BCUT2D eigenvalue weighted by atomic mass is 9.99. The van der Waals surface area contributed by atoms with Crippen molar-refractivity contribution in [1.82, 2.24) is 0 Å². The highest BCUT2D eigenvalue weighted by Crippen LogP contribution is 2.28. The van der Waals surface area contributed by atoms with Gasteiger partial charge >= 0.3 is 0 Å². The molecule has 0 saturated heterocycles. The number of hydrogen-bond donors (Lipinski definition) is 1. The fraction of sp³-hybridized carbons (Fsp3) is 0.125. The lowest BCUT2D eigenvalue weighted by Gasteiger charge is -2.11. The van der Waals surface area contributed by atoms with Gasteiger partial charge in [-0.25, -0.2) is 4.39 Å². The van der Waals surface area contributed by atoms with Crippen molar-refractivity contribution in [3.8, 4) is 0 Å². The summed E-state index contributed by atoms with van der Waals surface area (Å²) in [7, 11) is 0. The van der Waals surface area contributed by atoms with Gasteiger partial charge in [0.15, 0.2) is 0 Å². The number of hydrogen-bond acceptors (Lipinski definition) is 2. The van der Waals surface area contributed by atoms with Gasteiger partial charge < -0.3 is 10.2 Å². The highest BCUT2D eigenvalue weighted by Gasteiger charge is 2.15. The van der Waals surface area contributed by atoms with Gasteiger partial charge in [-0.2, -0.15) is 0 Å². The summed E-state index contributed by atoms with van der Waals surface area (Å²) in [4.78, 5) is 0. The zero-order valence-corrected chi connectivity index (χ0v) is 11.4. The van der Waals surface area contributed by atoms with Crippen LogP contribution in [0.15, 0.2) is 53.1 Å². The third-order valence-corrected chi connectivity index (χ3v) is 3.59. The molecule has 3 rings (SSSR count). The van der Waals surface area contributed by atoms with E-state index in [0.29, 0.717) is 17.0 Å². The minimum atomic E-state index is -0.341. The van der Waals surface area contributed by atoms with Crippen molar-refractivity contribution >= 4 is 22.6 Å². The number of rotatable bonds is 3. The molecule has 0 aliphatic heterocycles. The van der Waals surface area contributed by atoms with Crippen molar-refractivity contribution in [3.05, 3.63) is 70.7 Å². The molecule has 1 unspecified atom stereocenters. The predicted molar refractivity (Wildman–Crippen MR) is 78.3 cm³/mol. The summed E-state index contributed by atoms with van der Waals surface area (Å²) in [5, 5.41) is 1.47. The standard InChI is InChI=1S/C16H13ClFNO/c17-11-5-6-14(18)10(7-11)8-15(19)13-9-20-16-4-2-1-3-12(13)16/h1-7,9,15H,8,19H2. The van der Waals surface area contributed by atoms with Crippen molar-refractivity contribution in [2.75, 3.05) is 0 Å². The second-order valence-electron chi connectivity index (χ2n) is 4.73. The minimum Gasteiger partial charge on any atom is -0.464 e. The summed E-state index contributed by atoms with van der Waals surface area (Å²) in [6.07, 6.45) is 2.01. The average molecular weight is 290 g/mol. The van der Waals surface area contributed by atoms with Gasteiger partial charge in [0.1, 0.15) is 11.4 Å². The van der Waals surface area contributed by atoms with E-state index in [1.807, 2.05) is 24.3 Å². The van der Waals surface area contributed by atoms with E-state index in [4.69, 9.17) is 21.8 Å². The largest absolute Gasteiger partial charge is 0.464 e. The van der Waals surface area contributed by atoms with Gasteiger partial charge in [0, 0.05) is 22.0 Å². The second kappa shape index (κ2) is 5.27. The van der Waals surface area contributed by atoms with E-state index >= 15 is 0 Å². The van der Waals surface area contributed by atoms with Gasteiger partial charge in [0.25, 0.3) is 0 Å². The highest BCUT2D eigenvalue weighted by atomic mass is 35.5. The molecule has 0 saturated carbocycles. The molecule has 20 heavy (non-hydrogen) atoms. The summed E-state index contributed by atoms with van der Waals surface area (Å²) in [6, 6.07) is 11.8. The number of nitrogens with two attached hydrogens (primary N) is 1. The van der Waals surface area contributed by atoms with Crippen molar-refractivity contribution < 1.29 is 8.81 Å². The Morgan fingerprint density at radius 2 is 2.00 bits per heavy atom. The Balaban J connectivity index is 1.93. The van der Waals surface area contributed by atoms with Crippen LogP contribution in [0.1, 0.15) is 17.2 Å². The molecule has 4 heteroatoms. The van der Waals surface area contributed by atoms with Crippen molar-refractivity contribution in [1.29, 1.82) is 0 Å². The molecule has 2 nitrogen and oxygen atoms in total. The van der Waals surface area contributed by atoms with Gasteiger partial charge in [0.05, 0.1) is 6.26 Å². The summed E-state index contributed by atoms with van der Waals surface area (Å²) >= 11 is 5.89. The van der Waals surface area contributed by atoms with E-state index in [-0.39, 0.29) is 11.9 Å². The predicted octanol–water partition coefficient (Wildman–Crippen LogP) is 4.47. The van der Waals surface area contributed by atoms with Crippen LogP contribution < -0.4 is 5.73 Å². The number of furan rings is 1.